The highest BCUT2D eigenvalue weighted by Gasteiger charge is 2.25. The summed E-state index contributed by atoms with van der Waals surface area (Å²) in [5.41, 5.74) is 9.12. The molecule has 210 valence electrons. The van der Waals surface area contributed by atoms with Crippen LogP contribution < -0.4 is 9.80 Å². The van der Waals surface area contributed by atoms with Gasteiger partial charge in [0.25, 0.3) is 0 Å². The van der Waals surface area contributed by atoms with Crippen molar-refractivity contribution in [2.24, 2.45) is 0 Å². The number of anilines is 2. The number of hydrogen-bond acceptors (Lipinski definition) is 2. The number of benzene rings is 7. The number of hydrogen-bond donors (Lipinski definition) is 0. The van der Waals surface area contributed by atoms with Crippen molar-refractivity contribution in [1.29, 1.82) is 0 Å². The molecule has 0 spiro atoms. The Labute approximate surface area is 258 Å². The van der Waals surface area contributed by atoms with Crippen LogP contribution >= 0.6 is 0 Å². The van der Waals surface area contributed by atoms with Crippen molar-refractivity contribution < 1.29 is 0 Å². The standard InChI is InChI=1S/C42H32N2/c1-25-32(19-11-27-7-15-30(16-8-27)43(3)4)36-21-13-29-14-22-37-33(20-12-28-9-17-31(18-10-28)44(5)6)26(2)35-24-23-34(25)39-40(35)42(37)38(29)41(36)39/h7-10,13-18,21-24H,1-6H3. The SMILES string of the molecule is Cc1c(C#Cc2ccc(N(C)C)cc2)c2ccc3ccc4c(C#Cc5ccc(N(C)C)cc5)c(C)c5ccc1c1c2c3c4c51. The van der Waals surface area contributed by atoms with Crippen molar-refractivity contribution >= 4 is 65.2 Å². The average molecular weight is 565 g/mol. The molecular weight excluding hydrogens is 532 g/mol. The fraction of sp³-hybridized carbons (Fsp3) is 0.143. The quantitative estimate of drug-likeness (QED) is 0.152. The molecule has 0 radical (unpaired) electrons. The molecular formula is C42H32N2. The third-order valence-electron chi connectivity index (χ3n) is 9.42. The maximum absolute atomic E-state index is 3.61. The first-order valence-corrected chi connectivity index (χ1v) is 15.1. The van der Waals surface area contributed by atoms with Crippen molar-refractivity contribution in [3.8, 4) is 23.7 Å². The van der Waals surface area contributed by atoms with Crippen LogP contribution in [0.25, 0.3) is 53.9 Å². The first-order chi connectivity index (χ1) is 21.3. The topological polar surface area (TPSA) is 6.48 Å². The zero-order valence-electron chi connectivity index (χ0n) is 26.0. The largest absolute Gasteiger partial charge is 0.378 e. The van der Waals surface area contributed by atoms with Gasteiger partial charge in [-0.15, -0.1) is 0 Å². The molecule has 2 nitrogen and oxygen atoms in total. The summed E-state index contributed by atoms with van der Waals surface area (Å²) in [7, 11) is 8.24. The number of aryl methyl sites for hydroxylation is 2. The molecule has 0 heterocycles. The molecule has 0 amide bonds. The first-order valence-electron chi connectivity index (χ1n) is 15.1. The van der Waals surface area contributed by atoms with Gasteiger partial charge in [-0.25, -0.2) is 0 Å². The molecule has 0 N–H and O–H groups in total. The Morgan fingerprint density at radius 2 is 0.750 bits per heavy atom. The average Bonchev–Trinajstić information content (AvgIpc) is 3.39. The van der Waals surface area contributed by atoms with Gasteiger partial charge in [-0.05, 0) is 127 Å². The van der Waals surface area contributed by atoms with Gasteiger partial charge in [0, 0.05) is 61.8 Å². The summed E-state index contributed by atoms with van der Waals surface area (Å²) in [6.07, 6.45) is 0. The summed E-state index contributed by atoms with van der Waals surface area (Å²) in [6, 6.07) is 30.7. The summed E-state index contributed by atoms with van der Waals surface area (Å²) < 4.78 is 0. The minimum atomic E-state index is 1.02. The Morgan fingerprint density at radius 1 is 0.386 bits per heavy atom. The van der Waals surface area contributed by atoms with E-state index >= 15 is 0 Å². The fourth-order valence-corrected chi connectivity index (χ4v) is 7.05. The van der Waals surface area contributed by atoms with Gasteiger partial charge in [0.15, 0.2) is 0 Å². The molecule has 0 aliphatic rings. The molecule has 0 aliphatic heterocycles. The lowest BCUT2D eigenvalue weighted by Gasteiger charge is -2.13. The maximum Gasteiger partial charge on any atom is 0.0363 e. The Hall–Kier alpha value is -5.44. The molecule has 8 rings (SSSR count). The van der Waals surface area contributed by atoms with E-state index in [1.807, 2.05) is 0 Å². The minimum absolute atomic E-state index is 1.02. The lowest BCUT2D eigenvalue weighted by atomic mass is 9.90. The van der Waals surface area contributed by atoms with Gasteiger partial charge in [0.1, 0.15) is 0 Å². The summed E-state index contributed by atoms with van der Waals surface area (Å²) in [5, 5.41) is 13.1. The normalized spacial score (nSPS) is 11.5. The molecule has 0 aliphatic carbocycles. The highest BCUT2D eigenvalue weighted by Crippen LogP contribution is 2.51. The van der Waals surface area contributed by atoms with Crippen LogP contribution in [-0.4, -0.2) is 28.2 Å². The highest BCUT2D eigenvalue weighted by molar-refractivity contribution is 6.45. The van der Waals surface area contributed by atoms with E-state index < -0.39 is 0 Å². The van der Waals surface area contributed by atoms with Gasteiger partial charge in [-0.2, -0.15) is 0 Å². The smallest absolute Gasteiger partial charge is 0.0363 e. The second-order valence-corrected chi connectivity index (χ2v) is 12.4. The highest BCUT2D eigenvalue weighted by atomic mass is 15.1. The van der Waals surface area contributed by atoms with Gasteiger partial charge in [0.05, 0.1) is 0 Å². The maximum atomic E-state index is 3.61. The van der Waals surface area contributed by atoms with Crippen LogP contribution in [0.3, 0.4) is 0 Å². The van der Waals surface area contributed by atoms with Crippen LogP contribution in [-0.2, 0) is 0 Å². The van der Waals surface area contributed by atoms with E-state index in [4.69, 9.17) is 0 Å². The third kappa shape index (κ3) is 3.71. The van der Waals surface area contributed by atoms with Gasteiger partial charge in [0.2, 0.25) is 0 Å². The van der Waals surface area contributed by atoms with E-state index in [-0.39, 0.29) is 0 Å². The summed E-state index contributed by atoms with van der Waals surface area (Å²) >= 11 is 0. The summed E-state index contributed by atoms with van der Waals surface area (Å²) in [4.78, 5) is 4.22. The molecule has 0 atom stereocenters. The zero-order valence-corrected chi connectivity index (χ0v) is 26.0. The minimum Gasteiger partial charge on any atom is -0.378 e. The van der Waals surface area contributed by atoms with E-state index in [0.717, 1.165) is 22.3 Å². The lowest BCUT2D eigenvalue weighted by molar-refractivity contribution is 1.13. The molecule has 0 saturated heterocycles. The summed E-state index contributed by atoms with van der Waals surface area (Å²) in [5.74, 6) is 14.2. The molecule has 0 unspecified atom stereocenters. The molecule has 44 heavy (non-hydrogen) atoms. The zero-order chi connectivity index (χ0) is 30.3. The van der Waals surface area contributed by atoms with E-state index in [1.54, 1.807) is 0 Å². The van der Waals surface area contributed by atoms with Gasteiger partial charge >= 0.3 is 0 Å². The van der Waals surface area contributed by atoms with E-state index in [0.29, 0.717) is 0 Å². The molecule has 0 saturated carbocycles. The summed E-state index contributed by atoms with van der Waals surface area (Å²) in [6.45, 7) is 4.47. The van der Waals surface area contributed by atoms with Crippen molar-refractivity contribution in [2.45, 2.75) is 13.8 Å². The first kappa shape index (κ1) is 26.2. The number of nitrogens with zero attached hydrogens (tertiary/aromatic N) is 2. The van der Waals surface area contributed by atoms with Crippen LogP contribution in [0, 0.1) is 37.5 Å². The lowest BCUT2D eigenvalue weighted by Crippen LogP contribution is -2.07. The van der Waals surface area contributed by atoms with Crippen molar-refractivity contribution in [1.82, 2.24) is 0 Å². The molecule has 0 bridgehead atoms. The fourth-order valence-electron chi connectivity index (χ4n) is 7.05. The predicted molar refractivity (Wildman–Crippen MR) is 191 cm³/mol. The second kappa shape index (κ2) is 9.54. The van der Waals surface area contributed by atoms with E-state index in [1.165, 1.54) is 76.4 Å². The van der Waals surface area contributed by atoms with Crippen molar-refractivity contribution in [2.75, 3.05) is 38.0 Å². The van der Waals surface area contributed by atoms with Crippen LogP contribution in [0.2, 0.25) is 0 Å². The van der Waals surface area contributed by atoms with Crippen LogP contribution in [0.15, 0.2) is 84.9 Å². The molecule has 0 aromatic heterocycles. The molecule has 8 aromatic rings. The Balaban J connectivity index is 1.38. The second-order valence-electron chi connectivity index (χ2n) is 12.4. The van der Waals surface area contributed by atoms with E-state index in [9.17, 15) is 0 Å². The third-order valence-corrected chi connectivity index (χ3v) is 9.42. The van der Waals surface area contributed by atoms with Crippen LogP contribution in [0.1, 0.15) is 33.4 Å². The van der Waals surface area contributed by atoms with E-state index in [2.05, 4.69) is 160 Å². The Morgan fingerprint density at radius 3 is 1.14 bits per heavy atom. The van der Waals surface area contributed by atoms with Gasteiger partial charge < -0.3 is 9.80 Å². The van der Waals surface area contributed by atoms with Crippen LogP contribution in [0.4, 0.5) is 11.4 Å². The molecule has 2 heteroatoms. The van der Waals surface area contributed by atoms with Crippen LogP contribution in [0.5, 0.6) is 0 Å². The molecule has 8 aromatic carbocycles. The van der Waals surface area contributed by atoms with Crippen molar-refractivity contribution in [3.63, 3.8) is 0 Å². The Bertz CT molecular complexity index is 2320. The Kier molecular flexibility index (Phi) is 5.68. The van der Waals surface area contributed by atoms with Crippen molar-refractivity contribution in [3.05, 3.63) is 118 Å². The van der Waals surface area contributed by atoms with Gasteiger partial charge in [-0.3, -0.25) is 0 Å². The predicted octanol–water partition coefficient (Wildman–Crippen LogP) is 9.31. The number of rotatable bonds is 2. The van der Waals surface area contributed by atoms with Gasteiger partial charge in [-0.1, -0.05) is 60.1 Å². The molecule has 0 fully saturated rings. The monoisotopic (exact) mass is 564 g/mol.